The first-order valence-corrected chi connectivity index (χ1v) is 8.26. The van der Waals surface area contributed by atoms with Gasteiger partial charge >= 0.3 is 0 Å². The molecule has 4 rings (SSSR count). The van der Waals surface area contributed by atoms with Gasteiger partial charge in [0.25, 0.3) is 11.6 Å². The Morgan fingerprint density at radius 2 is 2.08 bits per heavy atom. The molecule has 2 heterocycles. The second-order valence-corrected chi connectivity index (χ2v) is 6.17. The van der Waals surface area contributed by atoms with E-state index in [0.717, 1.165) is 5.56 Å². The van der Waals surface area contributed by atoms with E-state index in [1.54, 1.807) is 35.6 Å². The lowest BCUT2D eigenvalue weighted by Gasteiger charge is -2.17. The predicted molar refractivity (Wildman–Crippen MR) is 96.2 cm³/mol. The standard InChI is InChI=1S/C19H16N4O3/c24-19(15-4-1-3-14(11-15)12-21-10-8-20-13-21)22-9-7-16-17(22)5-2-6-18(16)23(25)26/h1-6,8,10-11,13H,7,9,12H2. The van der Waals surface area contributed by atoms with Gasteiger partial charge in [0.2, 0.25) is 0 Å². The number of fused-ring (bicyclic) bond motifs is 1. The van der Waals surface area contributed by atoms with Gasteiger partial charge in [0.05, 0.1) is 22.5 Å². The van der Waals surface area contributed by atoms with Gasteiger partial charge in [-0.05, 0) is 30.2 Å². The molecule has 0 fully saturated rings. The summed E-state index contributed by atoms with van der Waals surface area (Å²) in [6.45, 7) is 1.08. The number of aromatic nitrogens is 2. The molecule has 0 saturated heterocycles. The summed E-state index contributed by atoms with van der Waals surface area (Å²) in [5.74, 6) is -0.142. The average molecular weight is 348 g/mol. The minimum Gasteiger partial charge on any atom is -0.333 e. The monoisotopic (exact) mass is 348 g/mol. The van der Waals surface area contributed by atoms with E-state index in [1.807, 2.05) is 29.0 Å². The van der Waals surface area contributed by atoms with E-state index in [0.29, 0.717) is 36.3 Å². The normalized spacial score (nSPS) is 12.8. The molecule has 7 nitrogen and oxygen atoms in total. The number of carbonyl (C=O) groups is 1. The molecule has 1 aromatic heterocycles. The Labute approximate surface area is 149 Å². The van der Waals surface area contributed by atoms with Crippen LogP contribution in [0.15, 0.2) is 61.2 Å². The van der Waals surface area contributed by atoms with Gasteiger partial charge < -0.3 is 9.47 Å². The molecule has 7 heteroatoms. The fraction of sp³-hybridized carbons (Fsp3) is 0.158. The number of rotatable bonds is 4. The molecule has 3 aromatic rings. The van der Waals surface area contributed by atoms with Gasteiger partial charge in [0, 0.05) is 37.1 Å². The van der Waals surface area contributed by atoms with Crippen molar-refractivity contribution in [1.82, 2.24) is 9.55 Å². The van der Waals surface area contributed by atoms with Crippen molar-refractivity contribution in [3.8, 4) is 0 Å². The van der Waals surface area contributed by atoms with Crippen molar-refractivity contribution in [2.75, 3.05) is 11.4 Å². The fourth-order valence-corrected chi connectivity index (χ4v) is 3.35. The van der Waals surface area contributed by atoms with Crippen LogP contribution >= 0.6 is 0 Å². The van der Waals surface area contributed by atoms with Crippen molar-refractivity contribution >= 4 is 17.3 Å². The van der Waals surface area contributed by atoms with E-state index in [9.17, 15) is 14.9 Å². The molecule has 0 atom stereocenters. The van der Waals surface area contributed by atoms with Gasteiger partial charge in [0.1, 0.15) is 0 Å². The van der Waals surface area contributed by atoms with Crippen molar-refractivity contribution in [1.29, 1.82) is 0 Å². The Kier molecular flexibility index (Phi) is 3.96. The molecule has 0 saturated carbocycles. The molecular weight excluding hydrogens is 332 g/mol. The SMILES string of the molecule is O=C(c1cccc(Cn2ccnc2)c1)N1CCc2c1cccc2[N+](=O)[O-]. The fourth-order valence-electron chi connectivity index (χ4n) is 3.35. The highest BCUT2D eigenvalue weighted by atomic mass is 16.6. The summed E-state index contributed by atoms with van der Waals surface area (Å²) in [5, 5.41) is 11.2. The van der Waals surface area contributed by atoms with E-state index in [-0.39, 0.29) is 11.6 Å². The van der Waals surface area contributed by atoms with E-state index in [4.69, 9.17) is 0 Å². The molecule has 0 unspecified atom stereocenters. The predicted octanol–water partition coefficient (Wildman–Crippen LogP) is 3.04. The Hall–Kier alpha value is -3.48. The van der Waals surface area contributed by atoms with Crippen LogP contribution in [-0.4, -0.2) is 26.9 Å². The van der Waals surface area contributed by atoms with Crippen LogP contribution in [0.25, 0.3) is 0 Å². The van der Waals surface area contributed by atoms with Gasteiger partial charge in [0.15, 0.2) is 0 Å². The molecule has 0 bridgehead atoms. The van der Waals surface area contributed by atoms with E-state index < -0.39 is 4.92 Å². The first-order valence-electron chi connectivity index (χ1n) is 8.26. The van der Waals surface area contributed by atoms with Gasteiger partial charge in [-0.15, -0.1) is 0 Å². The summed E-state index contributed by atoms with van der Waals surface area (Å²) < 4.78 is 1.93. The molecule has 0 spiro atoms. The molecule has 1 amide bonds. The van der Waals surface area contributed by atoms with Crippen LogP contribution < -0.4 is 4.90 Å². The highest BCUT2D eigenvalue weighted by molar-refractivity contribution is 6.07. The van der Waals surface area contributed by atoms with Crippen LogP contribution in [0, 0.1) is 10.1 Å². The molecule has 130 valence electrons. The number of benzene rings is 2. The number of hydrogen-bond acceptors (Lipinski definition) is 4. The van der Waals surface area contributed by atoms with Crippen LogP contribution in [-0.2, 0) is 13.0 Å². The summed E-state index contributed by atoms with van der Waals surface area (Å²) >= 11 is 0. The Balaban J connectivity index is 1.62. The van der Waals surface area contributed by atoms with Crippen molar-refractivity contribution < 1.29 is 9.72 Å². The molecule has 0 N–H and O–H groups in total. The van der Waals surface area contributed by atoms with E-state index in [1.165, 1.54) is 6.07 Å². The number of carbonyl (C=O) groups excluding carboxylic acids is 1. The van der Waals surface area contributed by atoms with Crippen molar-refractivity contribution in [2.45, 2.75) is 13.0 Å². The zero-order valence-electron chi connectivity index (χ0n) is 13.9. The summed E-state index contributed by atoms with van der Waals surface area (Å²) in [5.41, 5.74) is 2.89. The summed E-state index contributed by atoms with van der Waals surface area (Å²) in [7, 11) is 0. The lowest BCUT2D eigenvalue weighted by atomic mass is 10.1. The smallest absolute Gasteiger partial charge is 0.274 e. The highest BCUT2D eigenvalue weighted by Crippen LogP contribution is 2.35. The van der Waals surface area contributed by atoms with Crippen molar-refractivity contribution in [3.05, 3.63) is 88.0 Å². The van der Waals surface area contributed by atoms with Crippen molar-refractivity contribution in [3.63, 3.8) is 0 Å². The molecule has 1 aliphatic rings. The lowest BCUT2D eigenvalue weighted by Crippen LogP contribution is -2.28. The quantitative estimate of drug-likeness (QED) is 0.536. The number of imidazole rings is 1. The molecule has 0 aliphatic carbocycles. The van der Waals surface area contributed by atoms with Gasteiger partial charge in [-0.25, -0.2) is 4.98 Å². The molecule has 1 aliphatic heterocycles. The maximum atomic E-state index is 13.0. The Bertz CT molecular complexity index is 982. The van der Waals surface area contributed by atoms with Crippen LogP contribution in [0.5, 0.6) is 0 Å². The second kappa shape index (κ2) is 6.44. The minimum absolute atomic E-state index is 0.0756. The number of hydrogen-bond donors (Lipinski definition) is 0. The number of anilines is 1. The van der Waals surface area contributed by atoms with Crippen LogP contribution in [0.3, 0.4) is 0 Å². The first kappa shape index (κ1) is 16.0. The number of nitrogens with zero attached hydrogens (tertiary/aromatic N) is 4. The molecular formula is C19H16N4O3. The third kappa shape index (κ3) is 2.83. The van der Waals surface area contributed by atoms with Crippen molar-refractivity contribution in [2.24, 2.45) is 0 Å². The largest absolute Gasteiger partial charge is 0.333 e. The van der Waals surface area contributed by atoms with Gasteiger partial charge in [-0.2, -0.15) is 0 Å². The lowest BCUT2D eigenvalue weighted by molar-refractivity contribution is -0.385. The third-order valence-electron chi connectivity index (χ3n) is 4.54. The number of nitro benzene ring substituents is 1. The third-order valence-corrected chi connectivity index (χ3v) is 4.54. The van der Waals surface area contributed by atoms with Gasteiger partial charge in [-0.1, -0.05) is 18.2 Å². The van der Waals surface area contributed by atoms with Crippen LogP contribution in [0.2, 0.25) is 0 Å². The summed E-state index contributed by atoms with van der Waals surface area (Å²) in [4.78, 5) is 29.4. The topological polar surface area (TPSA) is 81.3 Å². The maximum Gasteiger partial charge on any atom is 0.274 e. The zero-order chi connectivity index (χ0) is 18.1. The van der Waals surface area contributed by atoms with Crippen LogP contribution in [0.1, 0.15) is 21.5 Å². The maximum absolute atomic E-state index is 13.0. The van der Waals surface area contributed by atoms with Gasteiger partial charge in [-0.3, -0.25) is 14.9 Å². The highest BCUT2D eigenvalue weighted by Gasteiger charge is 2.30. The Morgan fingerprint density at radius 1 is 1.23 bits per heavy atom. The molecule has 2 aromatic carbocycles. The minimum atomic E-state index is -0.390. The first-order chi connectivity index (χ1) is 12.6. The molecule has 0 radical (unpaired) electrons. The summed E-state index contributed by atoms with van der Waals surface area (Å²) in [6.07, 6.45) is 5.80. The van der Waals surface area contributed by atoms with Crippen LogP contribution in [0.4, 0.5) is 11.4 Å². The van der Waals surface area contributed by atoms with E-state index >= 15 is 0 Å². The summed E-state index contributed by atoms with van der Waals surface area (Å²) in [6, 6.07) is 12.3. The number of amides is 1. The second-order valence-electron chi connectivity index (χ2n) is 6.17. The van der Waals surface area contributed by atoms with E-state index in [2.05, 4.69) is 4.98 Å². The Morgan fingerprint density at radius 3 is 2.85 bits per heavy atom. The molecule has 26 heavy (non-hydrogen) atoms. The zero-order valence-corrected chi connectivity index (χ0v) is 13.9. The average Bonchev–Trinajstić information content (AvgIpc) is 3.30. The number of nitro groups is 1.